The SMILES string of the molecule is C=CCn1c(S[C@H](C)C(=O)N2c3ccccc3C[C@@H]2C)nc2ccccc2c1=O. The van der Waals surface area contributed by atoms with E-state index < -0.39 is 0 Å². The van der Waals surface area contributed by atoms with E-state index >= 15 is 0 Å². The number of carbonyl (C=O) groups excluding carboxylic acids is 1. The van der Waals surface area contributed by atoms with Gasteiger partial charge in [-0.3, -0.25) is 14.2 Å². The maximum Gasteiger partial charge on any atom is 0.262 e. The number of fused-ring (bicyclic) bond motifs is 2. The van der Waals surface area contributed by atoms with Gasteiger partial charge in [0.2, 0.25) is 5.91 Å². The van der Waals surface area contributed by atoms with Crippen LogP contribution in [-0.4, -0.2) is 26.8 Å². The molecule has 148 valence electrons. The molecule has 4 rings (SSSR count). The van der Waals surface area contributed by atoms with Gasteiger partial charge in [0, 0.05) is 18.3 Å². The van der Waals surface area contributed by atoms with Crippen LogP contribution in [0.3, 0.4) is 0 Å². The number of hydrogen-bond donors (Lipinski definition) is 0. The van der Waals surface area contributed by atoms with Crippen molar-refractivity contribution in [3.05, 3.63) is 77.1 Å². The summed E-state index contributed by atoms with van der Waals surface area (Å²) in [6.45, 7) is 8.05. The quantitative estimate of drug-likeness (QED) is 0.365. The molecular formula is C23H23N3O2S. The van der Waals surface area contributed by atoms with Crippen LogP contribution in [0.2, 0.25) is 0 Å². The van der Waals surface area contributed by atoms with Gasteiger partial charge in [0.25, 0.3) is 5.56 Å². The molecule has 0 saturated carbocycles. The van der Waals surface area contributed by atoms with Crippen molar-refractivity contribution in [3.63, 3.8) is 0 Å². The molecular weight excluding hydrogens is 382 g/mol. The lowest BCUT2D eigenvalue weighted by Crippen LogP contribution is -2.40. The number of allylic oxidation sites excluding steroid dienone is 1. The Morgan fingerprint density at radius 1 is 1.28 bits per heavy atom. The number of thioether (sulfide) groups is 1. The molecule has 0 aliphatic carbocycles. The number of benzene rings is 2. The van der Waals surface area contributed by atoms with E-state index in [1.54, 1.807) is 16.7 Å². The summed E-state index contributed by atoms with van der Waals surface area (Å²) in [5, 5.41) is 0.724. The average Bonchev–Trinajstić information content (AvgIpc) is 3.06. The highest BCUT2D eigenvalue weighted by molar-refractivity contribution is 8.00. The zero-order valence-electron chi connectivity index (χ0n) is 16.5. The molecule has 0 unspecified atom stereocenters. The first kappa shape index (κ1) is 19.5. The van der Waals surface area contributed by atoms with Gasteiger partial charge in [-0.05, 0) is 44.0 Å². The lowest BCUT2D eigenvalue weighted by molar-refractivity contribution is -0.118. The van der Waals surface area contributed by atoms with Crippen LogP contribution in [0.15, 0.2) is 71.1 Å². The fraction of sp³-hybridized carbons (Fsp3) is 0.261. The summed E-state index contributed by atoms with van der Waals surface area (Å²) in [4.78, 5) is 32.8. The topological polar surface area (TPSA) is 55.2 Å². The number of amides is 1. The average molecular weight is 406 g/mol. The number of carbonyl (C=O) groups is 1. The van der Waals surface area contributed by atoms with Crippen LogP contribution >= 0.6 is 11.8 Å². The molecule has 1 aliphatic heterocycles. The Kier molecular flexibility index (Phi) is 5.28. The largest absolute Gasteiger partial charge is 0.308 e. The van der Waals surface area contributed by atoms with Crippen molar-refractivity contribution in [1.29, 1.82) is 0 Å². The van der Waals surface area contributed by atoms with Crippen molar-refractivity contribution in [2.24, 2.45) is 0 Å². The fourth-order valence-corrected chi connectivity index (χ4v) is 4.80. The molecule has 2 atom stereocenters. The molecule has 1 aromatic heterocycles. The first-order valence-corrected chi connectivity index (χ1v) is 10.6. The van der Waals surface area contributed by atoms with Crippen LogP contribution in [0.1, 0.15) is 19.4 Å². The van der Waals surface area contributed by atoms with E-state index in [0.29, 0.717) is 22.6 Å². The molecule has 2 heterocycles. The Hall–Kier alpha value is -2.86. The highest BCUT2D eigenvalue weighted by atomic mass is 32.2. The van der Waals surface area contributed by atoms with Gasteiger partial charge in [-0.25, -0.2) is 4.98 Å². The smallest absolute Gasteiger partial charge is 0.262 e. The van der Waals surface area contributed by atoms with Gasteiger partial charge >= 0.3 is 0 Å². The maximum absolute atomic E-state index is 13.3. The van der Waals surface area contributed by atoms with Crippen LogP contribution < -0.4 is 10.5 Å². The molecule has 3 aromatic rings. The van der Waals surface area contributed by atoms with Crippen LogP contribution in [0, 0.1) is 0 Å². The van der Waals surface area contributed by atoms with Gasteiger partial charge in [-0.2, -0.15) is 0 Å². The summed E-state index contributed by atoms with van der Waals surface area (Å²) in [6, 6.07) is 15.4. The Bertz CT molecular complexity index is 1150. The van der Waals surface area contributed by atoms with Crippen molar-refractivity contribution in [2.75, 3.05) is 4.90 Å². The van der Waals surface area contributed by atoms with Crippen molar-refractivity contribution in [2.45, 2.75) is 43.3 Å². The molecule has 0 radical (unpaired) electrons. The summed E-state index contributed by atoms with van der Waals surface area (Å²) in [5.41, 5.74) is 2.70. The van der Waals surface area contributed by atoms with Crippen LogP contribution in [0.4, 0.5) is 5.69 Å². The van der Waals surface area contributed by atoms with E-state index in [1.807, 2.05) is 48.2 Å². The predicted molar refractivity (Wildman–Crippen MR) is 119 cm³/mol. The van der Waals surface area contributed by atoms with E-state index in [4.69, 9.17) is 0 Å². The van der Waals surface area contributed by atoms with E-state index in [1.165, 1.54) is 17.3 Å². The summed E-state index contributed by atoms with van der Waals surface area (Å²) < 4.78 is 1.59. The van der Waals surface area contributed by atoms with Gasteiger partial charge in [0.1, 0.15) is 0 Å². The third-order valence-electron chi connectivity index (χ3n) is 5.21. The number of aromatic nitrogens is 2. The van der Waals surface area contributed by atoms with E-state index in [-0.39, 0.29) is 22.8 Å². The molecule has 6 heteroatoms. The minimum Gasteiger partial charge on any atom is -0.308 e. The van der Waals surface area contributed by atoms with E-state index in [9.17, 15) is 9.59 Å². The predicted octanol–water partition coefficient (Wildman–Crippen LogP) is 4.04. The first-order valence-electron chi connectivity index (χ1n) is 9.69. The van der Waals surface area contributed by atoms with Crippen molar-refractivity contribution in [1.82, 2.24) is 9.55 Å². The summed E-state index contributed by atoms with van der Waals surface area (Å²) in [6.07, 6.45) is 2.53. The number of rotatable bonds is 5. The zero-order valence-corrected chi connectivity index (χ0v) is 17.4. The number of nitrogens with zero attached hydrogens (tertiary/aromatic N) is 3. The number of hydrogen-bond acceptors (Lipinski definition) is 4. The maximum atomic E-state index is 13.3. The second-order valence-corrected chi connectivity index (χ2v) is 8.57. The lowest BCUT2D eigenvalue weighted by Gasteiger charge is -2.26. The van der Waals surface area contributed by atoms with Crippen molar-refractivity contribution in [3.8, 4) is 0 Å². The molecule has 0 fully saturated rings. The number of para-hydroxylation sites is 2. The molecule has 2 aromatic carbocycles. The minimum atomic E-state index is -0.382. The molecule has 1 amide bonds. The molecule has 0 saturated heterocycles. The number of anilines is 1. The van der Waals surface area contributed by atoms with E-state index in [0.717, 1.165) is 12.1 Å². The van der Waals surface area contributed by atoms with Crippen LogP contribution in [0.25, 0.3) is 10.9 Å². The Balaban J connectivity index is 1.68. The summed E-state index contributed by atoms with van der Waals surface area (Å²) >= 11 is 1.32. The lowest BCUT2D eigenvalue weighted by atomic mass is 10.1. The zero-order chi connectivity index (χ0) is 20.5. The van der Waals surface area contributed by atoms with Gasteiger partial charge in [0.05, 0.1) is 16.2 Å². The third kappa shape index (κ3) is 3.49. The van der Waals surface area contributed by atoms with Gasteiger partial charge < -0.3 is 4.90 Å². The van der Waals surface area contributed by atoms with Crippen LogP contribution in [-0.2, 0) is 17.8 Å². The Morgan fingerprint density at radius 2 is 2.00 bits per heavy atom. The molecule has 0 N–H and O–H groups in total. The second kappa shape index (κ2) is 7.87. The summed E-state index contributed by atoms with van der Waals surface area (Å²) in [7, 11) is 0. The third-order valence-corrected chi connectivity index (χ3v) is 6.29. The van der Waals surface area contributed by atoms with Crippen molar-refractivity contribution < 1.29 is 4.79 Å². The molecule has 0 spiro atoms. The monoisotopic (exact) mass is 405 g/mol. The van der Waals surface area contributed by atoms with Gasteiger partial charge in [0.15, 0.2) is 5.16 Å². The van der Waals surface area contributed by atoms with Crippen LogP contribution in [0.5, 0.6) is 0 Å². The second-order valence-electron chi connectivity index (χ2n) is 7.27. The molecule has 1 aliphatic rings. The standard InChI is InChI=1S/C23H23N3O2S/c1-4-13-25-22(28)18-10-6-7-11-19(18)24-23(25)29-16(3)21(27)26-15(2)14-17-9-5-8-12-20(17)26/h4-12,15-16H,1,13-14H2,2-3H3/t15-,16+/m0/s1. The highest BCUT2D eigenvalue weighted by Gasteiger charge is 2.33. The fourth-order valence-electron chi connectivity index (χ4n) is 3.83. The molecule has 0 bridgehead atoms. The Labute approximate surface area is 174 Å². The minimum absolute atomic E-state index is 0.0278. The highest BCUT2D eigenvalue weighted by Crippen LogP contribution is 2.34. The van der Waals surface area contributed by atoms with E-state index in [2.05, 4.69) is 24.6 Å². The van der Waals surface area contributed by atoms with Crippen molar-refractivity contribution >= 4 is 34.3 Å². The summed E-state index contributed by atoms with van der Waals surface area (Å²) in [5.74, 6) is 0.0278. The first-order chi connectivity index (χ1) is 14.0. The van der Waals surface area contributed by atoms with Gasteiger partial charge in [-0.1, -0.05) is 48.2 Å². The molecule has 29 heavy (non-hydrogen) atoms. The normalized spacial score (nSPS) is 16.6. The molecule has 5 nitrogen and oxygen atoms in total. The Morgan fingerprint density at radius 3 is 2.79 bits per heavy atom. The van der Waals surface area contributed by atoms with Gasteiger partial charge in [-0.15, -0.1) is 6.58 Å².